The largest absolute Gasteiger partial charge is 0.378 e. The molecule has 0 amide bonds. The van der Waals surface area contributed by atoms with Gasteiger partial charge in [-0.15, -0.1) is 0 Å². The van der Waals surface area contributed by atoms with Crippen molar-refractivity contribution in [2.45, 2.75) is 52.5 Å². The van der Waals surface area contributed by atoms with Crippen LogP contribution in [0.25, 0.3) is 0 Å². The molecule has 0 aromatic heterocycles. The average molecular weight is 339 g/mol. The highest BCUT2D eigenvalue weighted by atomic mass is 79.9. The molecule has 3 atom stereocenters. The first-order chi connectivity index (χ1) is 9.37. The van der Waals surface area contributed by atoms with Gasteiger partial charge < -0.3 is 11.1 Å². The molecule has 20 heavy (non-hydrogen) atoms. The number of aryl methyl sites for hydroxylation is 2. The maximum absolute atomic E-state index is 6.13. The van der Waals surface area contributed by atoms with E-state index in [9.17, 15) is 0 Å². The Bertz CT molecular complexity index is 463. The van der Waals surface area contributed by atoms with Crippen molar-refractivity contribution in [3.63, 3.8) is 0 Å². The van der Waals surface area contributed by atoms with Crippen molar-refractivity contribution in [1.29, 1.82) is 0 Å². The fourth-order valence-electron chi connectivity index (χ4n) is 3.38. The molecule has 112 valence electrons. The molecule has 1 saturated carbocycles. The molecule has 3 unspecified atom stereocenters. The maximum Gasteiger partial charge on any atom is 0.0498 e. The van der Waals surface area contributed by atoms with Gasteiger partial charge in [-0.05, 0) is 68.2 Å². The van der Waals surface area contributed by atoms with Crippen LogP contribution in [0.1, 0.15) is 44.2 Å². The first-order valence-electron chi connectivity index (χ1n) is 7.62. The Balaban J connectivity index is 2.22. The fourth-order valence-corrected chi connectivity index (χ4v) is 3.61. The zero-order chi connectivity index (χ0) is 14.9. The average Bonchev–Trinajstić information content (AvgIpc) is 2.40. The minimum Gasteiger partial charge on any atom is -0.378 e. The number of hydrogen-bond acceptors (Lipinski definition) is 2. The number of rotatable bonds is 3. The molecule has 3 N–H and O–H groups in total. The highest BCUT2D eigenvalue weighted by Gasteiger charge is 2.36. The molecule has 1 aliphatic rings. The molecule has 0 bridgehead atoms. The minimum absolute atomic E-state index is 0.0681. The van der Waals surface area contributed by atoms with Crippen LogP contribution in [0.15, 0.2) is 16.6 Å². The number of nitrogens with two attached hydrogens (primary N) is 1. The van der Waals surface area contributed by atoms with Crippen LogP contribution < -0.4 is 11.1 Å². The van der Waals surface area contributed by atoms with Gasteiger partial charge in [0.05, 0.1) is 0 Å². The third kappa shape index (κ3) is 3.20. The monoisotopic (exact) mass is 338 g/mol. The zero-order valence-corrected chi connectivity index (χ0v) is 14.7. The van der Waals surface area contributed by atoms with E-state index >= 15 is 0 Å². The van der Waals surface area contributed by atoms with Crippen molar-refractivity contribution in [3.8, 4) is 0 Å². The van der Waals surface area contributed by atoms with Crippen LogP contribution in [0.4, 0.5) is 5.69 Å². The normalized spacial score (nSPS) is 30.3. The molecule has 0 saturated heterocycles. The van der Waals surface area contributed by atoms with Crippen LogP contribution in [0.3, 0.4) is 0 Å². The van der Waals surface area contributed by atoms with Crippen LogP contribution in [0.2, 0.25) is 0 Å². The Morgan fingerprint density at radius 3 is 2.35 bits per heavy atom. The standard InChI is InChI=1S/C17H27BrN2/c1-11-5-6-17(10-19,9-14(11)4)20-15-7-12(2)16(18)13(3)8-15/h7-8,11,14,20H,5-6,9-10,19H2,1-4H3. The number of benzene rings is 1. The van der Waals surface area contributed by atoms with Gasteiger partial charge in [-0.2, -0.15) is 0 Å². The third-order valence-corrected chi connectivity index (χ3v) is 6.25. The molecule has 2 nitrogen and oxygen atoms in total. The Morgan fingerprint density at radius 1 is 1.25 bits per heavy atom. The van der Waals surface area contributed by atoms with Crippen molar-refractivity contribution in [3.05, 3.63) is 27.7 Å². The predicted molar refractivity (Wildman–Crippen MR) is 91.2 cm³/mol. The van der Waals surface area contributed by atoms with Gasteiger partial charge in [-0.25, -0.2) is 0 Å². The van der Waals surface area contributed by atoms with Crippen LogP contribution in [-0.4, -0.2) is 12.1 Å². The molecule has 0 heterocycles. The second-order valence-corrected chi connectivity index (χ2v) is 7.52. The van der Waals surface area contributed by atoms with Crippen molar-refractivity contribution in [2.75, 3.05) is 11.9 Å². The maximum atomic E-state index is 6.13. The smallest absolute Gasteiger partial charge is 0.0498 e. The molecule has 3 heteroatoms. The topological polar surface area (TPSA) is 38.0 Å². The fraction of sp³-hybridized carbons (Fsp3) is 0.647. The lowest BCUT2D eigenvalue weighted by atomic mass is 9.71. The minimum atomic E-state index is 0.0681. The van der Waals surface area contributed by atoms with Gasteiger partial charge >= 0.3 is 0 Å². The van der Waals surface area contributed by atoms with Gasteiger partial charge in [0.1, 0.15) is 0 Å². The van der Waals surface area contributed by atoms with Gasteiger partial charge in [0.15, 0.2) is 0 Å². The third-order valence-electron chi connectivity index (χ3n) is 5.00. The van der Waals surface area contributed by atoms with Crippen LogP contribution in [-0.2, 0) is 0 Å². The summed E-state index contributed by atoms with van der Waals surface area (Å²) in [6, 6.07) is 4.44. The molecular formula is C17H27BrN2. The van der Waals surface area contributed by atoms with Gasteiger partial charge in [0.25, 0.3) is 0 Å². The summed E-state index contributed by atoms with van der Waals surface area (Å²) in [5.74, 6) is 1.54. The van der Waals surface area contributed by atoms with Crippen molar-refractivity contribution in [1.82, 2.24) is 0 Å². The summed E-state index contributed by atoms with van der Waals surface area (Å²) in [7, 11) is 0. The predicted octanol–water partition coefficient (Wildman–Crippen LogP) is 4.63. The summed E-state index contributed by atoms with van der Waals surface area (Å²) in [6.45, 7) is 9.71. The number of nitrogens with one attached hydrogen (secondary N) is 1. The van der Waals surface area contributed by atoms with E-state index in [1.807, 2.05) is 0 Å². The van der Waals surface area contributed by atoms with Crippen molar-refractivity contribution in [2.24, 2.45) is 17.6 Å². The van der Waals surface area contributed by atoms with Gasteiger partial charge in [0.2, 0.25) is 0 Å². The molecule has 0 spiro atoms. The van der Waals surface area contributed by atoms with Gasteiger partial charge in [-0.3, -0.25) is 0 Å². The SMILES string of the molecule is Cc1cc(NC2(CN)CCC(C)C(C)C2)cc(C)c1Br. The van der Waals surface area contributed by atoms with Crippen molar-refractivity contribution < 1.29 is 0 Å². The van der Waals surface area contributed by atoms with E-state index in [1.165, 1.54) is 40.5 Å². The summed E-state index contributed by atoms with van der Waals surface area (Å²) in [4.78, 5) is 0. The lowest BCUT2D eigenvalue weighted by Crippen LogP contribution is -2.50. The van der Waals surface area contributed by atoms with E-state index < -0.39 is 0 Å². The molecular weight excluding hydrogens is 312 g/mol. The molecule has 1 fully saturated rings. The van der Waals surface area contributed by atoms with E-state index in [0.717, 1.165) is 11.8 Å². The molecule has 2 rings (SSSR count). The second-order valence-electron chi connectivity index (χ2n) is 6.73. The summed E-state index contributed by atoms with van der Waals surface area (Å²) in [6.07, 6.45) is 3.60. The quantitative estimate of drug-likeness (QED) is 0.842. The summed E-state index contributed by atoms with van der Waals surface area (Å²) < 4.78 is 1.20. The van der Waals surface area contributed by atoms with Crippen LogP contribution in [0.5, 0.6) is 0 Å². The van der Waals surface area contributed by atoms with Crippen LogP contribution >= 0.6 is 15.9 Å². The lowest BCUT2D eigenvalue weighted by Gasteiger charge is -2.43. The lowest BCUT2D eigenvalue weighted by molar-refractivity contribution is 0.196. The highest BCUT2D eigenvalue weighted by molar-refractivity contribution is 9.10. The van der Waals surface area contributed by atoms with E-state index in [4.69, 9.17) is 5.73 Å². The molecule has 0 aliphatic heterocycles. The van der Waals surface area contributed by atoms with Crippen LogP contribution in [0, 0.1) is 25.7 Å². The molecule has 0 radical (unpaired) electrons. The molecule has 1 aromatic rings. The zero-order valence-electron chi connectivity index (χ0n) is 13.1. The molecule has 1 aliphatic carbocycles. The second kappa shape index (κ2) is 6.07. The number of halogens is 1. The summed E-state index contributed by atoms with van der Waals surface area (Å²) >= 11 is 3.63. The Kier molecular flexibility index (Phi) is 4.80. The Hall–Kier alpha value is -0.540. The van der Waals surface area contributed by atoms with Gasteiger partial charge in [0, 0.05) is 22.2 Å². The summed E-state index contributed by atoms with van der Waals surface area (Å²) in [5, 5.41) is 3.76. The Labute approximate surface area is 131 Å². The van der Waals surface area contributed by atoms with E-state index in [-0.39, 0.29) is 5.54 Å². The highest BCUT2D eigenvalue weighted by Crippen LogP contribution is 2.38. The van der Waals surface area contributed by atoms with E-state index in [0.29, 0.717) is 6.54 Å². The first kappa shape index (κ1) is 15.8. The summed E-state index contributed by atoms with van der Waals surface area (Å²) in [5.41, 5.74) is 9.95. The molecule has 1 aromatic carbocycles. The van der Waals surface area contributed by atoms with Gasteiger partial charge in [-0.1, -0.05) is 29.8 Å². The first-order valence-corrected chi connectivity index (χ1v) is 8.41. The van der Waals surface area contributed by atoms with E-state index in [2.05, 4.69) is 61.1 Å². The number of anilines is 1. The number of hydrogen-bond donors (Lipinski definition) is 2. The van der Waals surface area contributed by atoms with Crippen molar-refractivity contribution >= 4 is 21.6 Å². The Morgan fingerprint density at radius 2 is 1.85 bits per heavy atom. The van der Waals surface area contributed by atoms with E-state index in [1.54, 1.807) is 0 Å².